The summed E-state index contributed by atoms with van der Waals surface area (Å²) in [6, 6.07) is 16.9. The molecule has 0 aliphatic heterocycles. The molecule has 0 saturated heterocycles. The van der Waals surface area contributed by atoms with Crippen molar-refractivity contribution in [1.82, 2.24) is 29.9 Å². The molecular weight excluding hydrogens is 1100 g/mol. The molecule has 2 aromatic heterocycles. The third-order valence-corrected chi connectivity index (χ3v) is 13.7. The van der Waals surface area contributed by atoms with Crippen molar-refractivity contribution in [3.05, 3.63) is 96.1 Å². The van der Waals surface area contributed by atoms with Crippen LogP contribution < -0.4 is 31.1 Å². The Morgan fingerprint density at radius 3 is 0.922 bits per heavy atom. The van der Waals surface area contributed by atoms with Crippen molar-refractivity contribution in [2.75, 3.05) is 57.2 Å². The fourth-order valence-corrected chi connectivity index (χ4v) is 9.43. The Bertz CT molecular complexity index is 3290. The van der Waals surface area contributed by atoms with Gasteiger partial charge in [-0.1, -0.05) is 24.3 Å². The molecule has 0 fully saturated rings. The zero-order chi connectivity index (χ0) is 55.9. The van der Waals surface area contributed by atoms with E-state index in [1.807, 2.05) is 0 Å². The monoisotopic (exact) mass is 1160 g/mol. The van der Waals surface area contributed by atoms with Crippen LogP contribution in [0.4, 0.5) is 58.4 Å². The SMILES string of the molecule is CC(O)CN(CC(C)O)c1nc(Nc2ccc(S(=O)(=O)O)cc2)nc(Nc2ccc(C=Cc3ccc(Nc4nc(Nc5ccc(S(=O)(=O)O)cc5)nc(N(CC(C)O)CC(C)O)n4)cc3S(=O)(=O)O)c(S(=O)(=O)O)c2)n1.[NaH]. The van der Waals surface area contributed by atoms with Gasteiger partial charge in [0.1, 0.15) is 9.79 Å². The van der Waals surface area contributed by atoms with Crippen LogP contribution in [0.5, 0.6) is 0 Å². The van der Waals surface area contributed by atoms with Crippen molar-refractivity contribution in [1.29, 1.82) is 0 Å². The van der Waals surface area contributed by atoms with Crippen molar-refractivity contribution < 1.29 is 72.3 Å². The summed E-state index contributed by atoms with van der Waals surface area (Å²) in [6.07, 6.45) is -1.48. The zero-order valence-corrected chi connectivity index (χ0v) is 43.7. The number of hydrogen-bond acceptors (Lipinski definition) is 24. The molecule has 0 bridgehead atoms. The summed E-state index contributed by atoms with van der Waals surface area (Å²) < 4.78 is 137. The number of aliphatic hydroxyl groups is 4. The Labute approximate surface area is 464 Å². The fourth-order valence-electron chi connectivity index (χ4n) is 7.05. The van der Waals surface area contributed by atoms with Gasteiger partial charge in [-0.05, 0) is 112 Å². The Kier molecular flexibility index (Phi) is 20.5. The molecule has 12 N–H and O–H groups in total. The number of aliphatic hydroxyl groups excluding tert-OH is 4. The van der Waals surface area contributed by atoms with Gasteiger partial charge in [-0.25, -0.2) is 0 Å². The van der Waals surface area contributed by atoms with E-state index in [0.29, 0.717) is 0 Å². The Morgan fingerprint density at radius 2 is 0.675 bits per heavy atom. The summed E-state index contributed by atoms with van der Waals surface area (Å²) in [5.74, 6) is -0.949. The van der Waals surface area contributed by atoms with Crippen LogP contribution in [0.1, 0.15) is 38.8 Å². The molecule has 6 rings (SSSR count). The molecule has 4 unspecified atom stereocenters. The molecule has 4 atom stereocenters. The average molecular weight is 1160 g/mol. The van der Waals surface area contributed by atoms with Gasteiger partial charge in [0.25, 0.3) is 40.5 Å². The van der Waals surface area contributed by atoms with E-state index in [0.717, 1.165) is 48.6 Å². The topological polar surface area (TPSA) is 430 Å². The summed E-state index contributed by atoms with van der Waals surface area (Å²) in [5.41, 5.74) is 0.108. The van der Waals surface area contributed by atoms with Gasteiger partial charge < -0.3 is 51.5 Å². The fraction of sp³-hybridized carbons (Fsp3) is 0.273. The first-order valence-electron chi connectivity index (χ1n) is 22.3. The van der Waals surface area contributed by atoms with Crippen molar-refractivity contribution in [2.24, 2.45) is 0 Å². The molecule has 77 heavy (non-hydrogen) atoms. The third-order valence-electron chi connectivity index (χ3n) is 10.1. The van der Waals surface area contributed by atoms with Crippen molar-refractivity contribution in [3.63, 3.8) is 0 Å². The molecular formula is C44H53N12NaO16S4. The van der Waals surface area contributed by atoms with Crippen molar-refractivity contribution in [2.45, 2.75) is 71.7 Å². The minimum absolute atomic E-state index is 0. The number of aromatic nitrogens is 6. The molecule has 4 aromatic carbocycles. The van der Waals surface area contributed by atoms with E-state index >= 15 is 0 Å². The van der Waals surface area contributed by atoms with E-state index in [1.165, 1.54) is 86.0 Å². The van der Waals surface area contributed by atoms with Gasteiger partial charge in [0.2, 0.25) is 35.7 Å². The molecule has 0 amide bonds. The summed E-state index contributed by atoms with van der Waals surface area (Å²) in [5, 5.41) is 52.3. The molecule has 33 heteroatoms. The third kappa shape index (κ3) is 18.3. The van der Waals surface area contributed by atoms with E-state index in [9.17, 15) is 72.3 Å². The van der Waals surface area contributed by atoms with Crippen LogP contribution in [0.25, 0.3) is 12.2 Å². The molecule has 0 radical (unpaired) electrons. The molecule has 2 heterocycles. The molecule has 0 spiro atoms. The summed E-state index contributed by atoms with van der Waals surface area (Å²) >= 11 is 0. The first-order valence-corrected chi connectivity index (χ1v) is 28.0. The molecule has 0 aliphatic carbocycles. The van der Waals surface area contributed by atoms with Gasteiger partial charge in [-0.2, -0.15) is 63.6 Å². The van der Waals surface area contributed by atoms with E-state index in [2.05, 4.69) is 51.2 Å². The van der Waals surface area contributed by atoms with E-state index < -0.39 is 84.5 Å². The van der Waals surface area contributed by atoms with E-state index in [1.54, 1.807) is 0 Å². The van der Waals surface area contributed by atoms with Crippen LogP contribution in [0.15, 0.2) is 105 Å². The van der Waals surface area contributed by atoms with Gasteiger partial charge >= 0.3 is 29.6 Å². The average Bonchev–Trinajstić information content (AvgIpc) is 3.29. The number of anilines is 10. The van der Waals surface area contributed by atoms with Gasteiger partial charge in [0, 0.05) is 48.9 Å². The maximum absolute atomic E-state index is 12.9. The van der Waals surface area contributed by atoms with Crippen LogP contribution in [0.3, 0.4) is 0 Å². The number of nitrogens with zero attached hydrogens (tertiary/aromatic N) is 8. The normalized spacial score (nSPS) is 13.7. The van der Waals surface area contributed by atoms with Crippen molar-refractivity contribution in [3.8, 4) is 0 Å². The predicted octanol–water partition coefficient (Wildman–Crippen LogP) is 2.68. The molecule has 410 valence electrons. The second-order valence-corrected chi connectivity index (χ2v) is 22.7. The Morgan fingerprint density at radius 1 is 0.416 bits per heavy atom. The number of hydrogen-bond donors (Lipinski definition) is 12. The molecule has 0 aliphatic rings. The number of rotatable bonds is 24. The molecule has 28 nitrogen and oxygen atoms in total. The first-order chi connectivity index (χ1) is 35.4. The van der Waals surface area contributed by atoms with Gasteiger partial charge in [0.05, 0.1) is 34.2 Å². The second kappa shape index (κ2) is 25.6. The van der Waals surface area contributed by atoms with E-state index in [4.69, 9.17) is 0 Å². The predicted molar refractivity (Wildman–Crippen MR) is 285 cm³/mol. The van der Waals surface area contributed by atoms with E-state index in [-0.39, 0.29) is 125 Å². The summed E-state index contributed by atoms with van der Waals surface area (Å²) in [7, 11) is -19.1. The van der Waals surface area contributed by atoms with Crippen LogP contribution in [0, 0.1) is 0 Å². The van der Waals surface area contributed by atoms with Crippen LogP contribution in [-0.2, 0) is 40.5 Å². The zero-order valence-electron chi connectivity index (χ0n) is 40.4. The van der Waals surface area contributed by atoms with Crippen LogP contribution in [-0.4, -0.2) is 182 Å². The van der Waals surface area contributed by atoms with Gasteiger partial charge in [0.15, 0.2) is 0 Å². The van der Waals surface area contributed by atoms with Gasteiger partial charge in [-0.3, -0.25) is 18.2 Å². The maximum atomic E-state index is 12.9. The first kappa shape index (κ1) is 61.8. The standard InChI is InChI=1S/C44H52N12O16S4.Na.H/c1-25(57)21-55(22-26(2)58)43-51-39(45-31-11-15-35(16-12-31)73(61,62)63)49-41(53-43)47-33-9-7-29(37(19-33)75(67,68)69)5-6-30-8-10-34(20-38(30)76(70,71)72)48-42-50-40(46-32-13-17-36(18-14-32)74(64,65)66)52-44(54-42)56(23-27(3)59)24-28(4)60;;/h5-20,25-28,57-60H,21-24H2,1-4H3,(H,61,62,63)(H,64,65,66)(H,67,68,69)(H,70,71,72)(H2,45,47,49,51,53)(H2,46,48,50,52,54);;. The summed E-state index contributed by atoms with van der Waals surface area (Å²) in [6.45, 7) is 5.67. The Balaban J connectivity index is 0.0000109. The molecule has 6 aromatic rings. The summed E-state index contributed by atoms with van der Waals surface area (Å²) in [4.78, 5) is 26.9. The van der Waals surface area contributed by atoms with Crippen LogP contribution in [0.2, 0.25) is 0 Å². The van der Waals surface area contributed by atoms with Crippen molar-refractivity contribution >= 4 is 141 Å². The van der Waals surface area contributed by atoms with Gasteiger partial charge in [-0.15, -0.1) is 0 Å². The minimum atomic E-state index is -5.05. The second-order valence-electron chi connectivity index (χ2n) is 17.1. The van der Waals surface area contributed by atoms with Crippen LogP contribution >= 0.6 is 0 Å². The number of nitrogens with one attached hydrogen (secondary N) is 4. The molecule has 0 saturated carbocycles. The quantitative estimate of drug-likeness (QED) is 0.0235. The number of benzene rings is 4. The Hall–Kier alpha value is -6.08.